The van der Waals surface area contributed by atoms with Crippen molar-refractivity contribution < 1.29 is 14.3 Å². The molecular weight excluding hydrogens is 342 g/mol. The van der Waals surface area contributed by atoms with Crippen LogP contribution in [0, 0.1) is 16.7 Å². The lowest BCUT2D eigenvalue weighted by Gasteiger charge is -2.42. The van der Waals surface area contributed by atoms with Crippen molar-refractivity contribution in [2.24, 2.45) is 22.5 Å². The number of hydrogen-bond acceptors (Lipinski definition) is 4. The summed E-state index contributed by atoms with van der Waals surface area (Å²) < 4.78 is 5.41. The number of likely N-dealkylation sites (tertiary alicyclic amines) is 1. The summed E-state index contributed by atoms with van der Waals surface area (Å²) in [5.74, 6) is 0.567. The third-order valence-electron chi connectivity index (χ3n) is 5.33. The van der Waals surface area contributed by atoms with Crippen molar-refractivity contribution in [2.45, 2.75) is 46.5 Å². The van der Waals surface area contributed by atoms with Gasteiger partial charge < -0.3 is 20.7 Å². The molecule has 25 heavy (non-hydrogen) atoms. The Morgan fingerprint density at radius 2 is 1.92 bits per heavy atom. The standard InChI is InChI=1S/C18H33N3O3.ClH/c1-17(2,3)15(22)20-11-14-5-4-8-21(12-14)16(23)18(13-19)6-9-24-10-7-18;/h14H,4-13,19H2,1-3H3,(H,20,22);1H. The van der Waals surface area contributed by atoms with Crippen LogP contribution in [0.4, 0.5) is 0 Å². The molecule has 0 bridgehead atoms. The molecule has 2 aliphatic rings. The highest BCUT2D eigenvalue weighted by Gasteiger charge is 2.42. The number of nitrogens with two attached hydrogens (primary N) is 1. The van der Waals surface area contributed by atoms with Gasteiger partial charge in [-0.15, -0.1) is 12.4 Å². The molecule has 2 amide bonds. The van der Waals surface area contributed by atoms with Gasteiger partial charge in [0.1, 0.15) is 0 Å². The molecule has 2 rings (SSSR count). The zero-order valence-electron chi connectivity index (χ0n) is 15.8. The summed E-state index contributed by atoms with van der Waals surface area (Å²) in [5, 5.41) is 3.03. The summed E-state index contributed by atoms with van der Waals surface area (Å²) in [6, 6.07) is 0. The number of piperidine rings is 1. The van der Waals surface area contributed by atoms with Crippen LogP contribution in [0.1, 0.15) is 46.5 Å². The number of nitrogens with zero attached hydrogens (tertiary/aromatic N) is 1. The number of amides is 2. The Hall–Kier alpha value is -0.850. The van der Waals surface area contributed by atoms with Gasteiger partial charge in [0.25, 0.3) is 0 Å². The first-order valence-electron chi connectivity index (χ1n) is 9.14. The molecule has 1 unspecified atom stereocenters. The SMILES string of the molecule is CC(C)(C)C(=O)NCC1CCCN(C(=O)C2(CN)CCOCC2)C1.Cl. The highest BCUT2D eigenvalue weighted by molar-refractivity contribution is 5.85. The van der Waals surface area contributed by atoms with E-state index in [0.717, 1.165) is 19.4 Å². The van der Waals surface area contributed by atoms with Gasteiger partial charge >= 0.3 is 0 Å². The Morgan fingerprint density at radius 1 is 1.28 bits per heavy atom. The summed E-state index contributed by atoms with van der Waals surface area (Å²) >= 11 is 0. The first-order valence-corrected chi connectivity index (χ1v) is 9.14. The fraction of sp³-hybridized carbons (Fsp3) is 0.889. The fourth-order valence-electron chi connectivity index (χ4n) is 3.52. The second kappa shape index (κ2) is 9.19. The van der Waals surface area contributed by atoms with E-state index in [1.54, 1.807) is 0 Å². The van der Waals surface area contributed by atoms with Crippen LogP contribution in [0.3, 0.4) is 0 Å². The molecule has 2 heterocycles. The minimum Gasteiger partial charge on any atom is -0.381 e. The Kier molecular flexibility index (Phi) is 8.16. The topological polar surface area (TPSA) is 84.7 Å². The number of rotatable bonds is 4. The van der Waals surface area contributed by atoms with E-state index in [1.807, 2.05) is 25.7 Å². The normalized spacial score (nSPS) is 23.5. The van der Waals surface area contributed by atoms with E-state index in [4.69, 9.17) is 10.5 Å². The van der Waals surface area contributed by atoms with Crippen molar-refractivity contribution >= 4 is 24.2 Å². The number of carbonyl (C=O) groups excluding carboxylic acids is 2. The molecule has 7 heteroatoms. The van der Waals surface area contributed by atoms with Gasteiger partial charge in [0.15, 0.2) is 0 Å². The smallest absolute Gasteiger partial charge is 0.230 e. The summed E-state index contributed by atoms with van der Waals surface area (Å²) in [5.41, 5.74) is 5.14. The fourth-order valence-corrected chi connectivity index (χ4v) is 3.52. The molecule has 0 aromatic rings. The van der Waals surface area contributed by atoms with Gasteiger partial charge in [-0.3, -0.25) is 9.59 Å². The van der Waals surface area contributed by atoms with Crippen LogP contribution in [-0.4, -0.2) is 56.1 Å². The molecule has 3 N–H and O–H groups in total. The summed E-state index contributed by atoms with van der Waals surface area (Å²) in [6.07, 6.45) is 3.46. The molecule has 146 valence electrons. The van der Waals surface area contributed by atoms with Crippen LogP contribution >= 0.6 is 12.4 Å². The molecule has 0 aromatic carbocycles. The van der Waals surface area contributed by atoms with Crippen molar-refractivity contribution in [1.29, 1.82) is 0 Å². The van der Waals surface area contributed by atoms with Crippen LogP contribution in [0.5, 0.6) is 0 Å². The highest BCUT2D eigenvalue weighted by Crippen LogP contribution is 2.33. The maximum Gasteiger partial charge on any atom is 0.230 e. The molecule has 1 atom stereocenters. The van der Waals surface area contributed by atoms with Gasteiger partial charge in [0.05, 0.1) is 5.41 Å². The Labute approximate surface area is 157 Å². The quantitative estimate of drug-likeness (QED) is 0.781. The van der Waals surface area contributed by atoms with Crippen molar-refractivity contribution in [2.75, 3.05) is 39.4 Å². The van der Waals surface area contributed by atoms with Gasteiger partial charge in [-0.2, -0.15) is 0 Å². The number of nitrogens with one attached hydrogen (secondary N) is 1. The van der Waals surface area contributed by atoms with Gasteiger partial charge in [-0.05, 0) is 31.6 Å². The molecular formula is C18H34ClN3O3. The average molecular weight is 376 g/mol. The Balaban J connectivity index is 0.00000312. The second-order valence-electron chi connectivity index (χ2n) is 8.32. The third-order valence-corrected chi connectivity index (χ3v) is 5.33. The van der Waals surface area contributed by atoms with Crippen LogP contribution in [-0.2, 0) is 14.3 Å². The summed E-state index contributed by atoms with van der Waals surface area (Å²) in [4.78, 5) is 27.1. The zero-order valence-corrected chi connectivity index (χ0v) is 16.6. The predicted molar refractivity (Wildman–Crippen MR) is 101 cm³/mol. The first kappa shape index (κ1) is 22.2. The van der Waals surface area contributed by atoms with Gasteiger partial charge in [0.2, 0.25) is 11.8 Å². The average Bonchev–Trinajstić information content (AvgIpc) is 2.59. The Bertz CT molecular complexity index is 459. The Morgan fingerprint density at radius 3 is 2.48 bits per heavy atom. The van der Waals surface area contributed by atoms with E-state index in [0.29, 0.717) is 51.6 Å². The van der Waals surface area contributed by atoms with Crippen molar-refractivity contribution in [3.05, 3.63) is 0 Å². The van der Waals surface area contributed by atoms with Crippen molar-refractivity contribution in [3.8, 4) is 0 Å². The summed E-state index contributed by atoms with van der Waals surface area (Å²) in [6.45, 7) is 9.50. The monoisotopic (exact) mass is 375 g/mol. The van der Waals surface area contributed by atoms with E-state index in [1.165, 1.54) is 0 Å². The first-order chi connectivity index (χ1) is 11.3. The van der Waals surface area contributed by atoms with Gasteiger partial charge in [-0.1, -0.05) is 20.8 Å². The molecule has 0 radical (unpaired) electrons. The molecule has 0 aliphatic carbocycles. The minimum atomic E-state index is -0.450. The number of carbonyl (C=O) groups is 2. The van der Waals surface area contributed by atoms with Crippen LogP contribution in [0.15, 0.2) is 0 Å². The van der Waals surface area contributed by atoms with Gasteiger partial charge in [-0.25, -0.2) is 0 Å². The molecule has 2 fully saturated rings. The van der Waals surface area contributed by atoms with Crippen LogP contribution in [0.2, 0.25) is 0 Å². The number of halogens is 1. The van der Waals surface area contributed by atoms with E-state index in [2.05, 4.69) is 5.32 Å². The third kappa shape index (κ3) is 5.56. The van der Waals surface area contributed by atoms with E-state index in [-0.39, 0.29) is 29.6 Å². The number of hydrogen-bond donors (Lipinski definition) is 2. The molecule has 0 aromatic heterocycles. The predicted octanol–water partition coefficient (Wildman–Crippen LogP) is 1.56. The summed E-state index contributed by atoms with van der Waals surface area (Å²) in [7, 11) is 0. The second-order valence-corrected chi connectivity index (χ2v) is 8.32. The van der Waals surface area contributed by atoms with Crippen molar-refractivity contribution in [1.82, 2.24) is 10.2 Å². The largest absolute Gasteiger partial charge is 0.381 e. The minimum absolute atomic E-state index is 0. The van der Waals surface area contributed by atoms with E-state index < -0.39 is 5.41 Å². The molecule has 6 nitrogen and oxygen atoms in total. The lowest BCUT2D eigenvalue weighted by atomic mass is 9.78. The molecule has 2 saturated heterocycles. The molecule has 0 saturated carbocycles. The molecule has 0 spiro atoms. The van der Waals surface area contributed by atoms with E-state index in [9.17, 15) is 9.59 Å². The van der Waals surface area contributed by atoms with Gasteiger partial charge in [0, 0.05) is 44.8 Å². The maximum atomic E-state index is 13.1. The van der Waals surface area contributed by atoms with Crippen LogP contribution < -0.4 is 11.1 Å². The van der Waals surface area contributed by atoms with Crippen LogP contribution in [0.25, 0.3) is 0 Å². The van der Waals surface area contributed by atoms with E-state index >= 15 is 0 Å². The number of ether oxygens (including phenoxy) is 1. The lowest BCUT2D eigenvalue weighted by molar-refractivity contribution is -0.149. The van der Waals surface area contributed by atoms with Crippen molar-refractivity contribution in [3.63, 3.8) is 0 Å². The zero-order chi connectivity index (χ0) is 17.8. The maximum absolute atomic E-state index is 13.1. The molecule has 2 aliphatic heterocycles. The highest BCUT2D eigenvalue weighted by atomic mass is 35.5. The lowest BCUT2D eigenvalue weighted by Crippen LogP contribution is -2.54.